The minimum absolute atomic E-state index is 0.334. The van der Waals surface area contributed by atoms with Gasteiger partial charge in [0.2, 0.25) is 0 Å². The monoisotopic (exact) mass is 615 g/mol. The SMILES string of the molecule is Cc1cccc(CSc2nnc(C(Cc3ccccc3)NC(=O)Nc3c(C)cccc3C)n2-c2ccc(Cl)cc2Cl)c1. The fourth-order valence-electron chi connectivity index (χ4n) is 4.82. The third-order valence-electron chi connectivity index (χ3n) is 6.88. The van der Waals surface area contributed by atoms with Gasteiger partial charge in [-0.25, -0.2) is 4.79 Å². The summed E-state index contributed by atoms with van der Waals surface area (Å²) >= 11 is 14.6. The van der Waals surface area contributed by atoms with E-state index in [1.54, 1.807) is 23.9 Å². The van der Waals surface area contributed by atoms with Crippen molar-refractivity contribution in [2.75, 3.05) is 5.32 Å². The van der Waals surface area contributed by atoms with E-state index in [2.05, 4.69) is 46.0 Å². The number of anilines is 1. The molecule has 4 aromatic carbocycles. The van der Waals surface area contributed by atoms with Gasteiger partial charge >= 0.3 is 6.03 Å². The van der Waals surface area contributed by atoms with Crippen LogP contribution in [0.4, 0.5) is 10.5 Å². The molecule has 0 fully saturated rings. The fourth-order valence-corrected chi connectivity index (χ4v) is 6.20. The van der Waals surface area contributed by atoms with Crippen LogP contribution in [-0.2, 0) is 12.2 Å². The second-order valence-corrected chi connectivity index (χ2v) is 11.9. The minimum Gasteiger partial charge on any atom is -0.327 e. The van der Waals surface area contributed by atoms with Crippen LogP contribution < -0.4 is 10.6 Å². The third kappa shape index (κ3) is 7.16. The van der Waals surface area contributed by atoms with Crippen molar-refractivity contribution in [3.05, 3.63) is 135 Å². The summed E-state index contributed by atoms with van der Waals surface area (Å²) in [4.78, 5) is 13.5. The Morgan fingerprint density at radius 1 is 0.857 bits per heavy atom. The summed E-state index contributed by atoms with van der Waals surface area (Å²) in [5.74, 6) is 1.25. The number of nitrogens with one attached hydrogen (secondary N) is 2. The summed E-state index contributed by atoms with van der Waals surface area (Å²) in [7, 11) is 0. The van der Waals surface area contributed by atoms with Crippen molar-refractivity contribution in [3.8, 4) is 5.69 Å². The number of halogens is 2. The van der Waals surface area contributed by atoms with Crippen LogP contribution in [0.1, 0.15) is 39.7 Å². The van der Waals surface area contributed by atoms with Gasteiger partial charge in [-0.15, -0.1) is 10.2 Å². The van der Waals surface area contributed by atoms with Crippen molar-refractivity contribution in [1.29, 1.82) is 0 Å². The number of benzene rings is 4. The van der Waals surface area contributed by atoms with Gasteiger partial charge in [-0.2, -0.15) is 0 Å². The van der Waals surface area contributed by atoms with Crippen molar-refractivity contribution in [2.24, 2.45) is 0 Å². The zero-order valence-electron chi connectivity index (χ0n) is 23.6. The predicted octanol–water partition coefficient (Wildman–Crippen LogP) is 8.90. The molecule has 2 amide bonds. The molecule has 5 rings (SSSR count). The van der Waals surface area contributed by atoms with Gasteiger partial charge in [-0.3, -0.25) is 4.57 Å². The largest absolute Gasteiger partial charge is 0.327 e. The van der Waals surface area contributed by atoms with Crippen molar-refractivity contribution in [1.82, 2.24) is 20.1 Å². The average molecular weight is 617 g/mol. The molecule has 1 heterocycles. The van der Waals surface area contributed by atoms with Gasteiger partial charge in [-0.05, 0) is 61.2 Å². The fraction of sp³-hybridized carbons (Fsp3) is 0.182. The summed E-state index contributed by atoms with van der Waals surface area (Å²) < 4.78 is 1.92. The Bertz CT molecular complexity index is 1690. The Labute approximate surface area is 260 Å². The molecule has 5 aromatic rings. The van der Waals surface area contributed by atoms with Gasteiger partial charge in [0.15, 0.2) is 11.0 Å². The average Bonchev–Trinajstić information content (AvgIpc) is 3.38. The van der Waals surface area contributed by atoms with Crippen LogP contribution in [0.5, 0.6) is 0 Å². The maximum absolute atomic E-state index is 13.5. The molecule has 2 N–H and O–H groups in total. The number of aromatic nitrogens is 3. The van der Waals surface area contributed by atoms with Gasteiger partial charge in [0.25, 0.3) is 0 Å². The number of urea groups is 1. The molecule has 0 bridgehead atoms. The lowest BCUT2D eigenvalue weighted by Gasteiger charge is -2.22. The molecular weight excluding hydrogens is 585 g/mol. The van der Waals surface area contributed by atoms with Crippen LogP contribution >= 0.6 is 35.0 Å². The number of thioether (sulfide) groups is 1. The summed E-state index contributed by atoms with van der Waals surface area (Å²) in [5.41, 5.74) is 6.84. The lowest BCUT2D eigenvalue weighted by Crippen LogP contribution is -2.35. The zero-order valence-corrected chi connectivity index (χ0v) is 25.9. The van der Waals surface area contributed by atoms with Crippen molar-refractivity contribution in [2.45, 2.75) is 44.1 Å². The van der Waals surface area contributed by atoms with Crippen LogP contribution in [0.25, 0.3) is 5.69 Å². The lowest BCUT2D eigenvalue weighted by molar-refractivity contribution is 0.247. The van der Waals surface area contributed by atoms with Gasteiger partial charge in [0, 0.05) is 22.9 Å². The van der Waals surface area contributed by atoms with Gasteiger partial charge in [0.05, 0.1) is 16.8 Å². The molecule has 0 aliphatic rings. The Kier molecular flexibility index (Phi) is 9.52. The second kappa shape index (κ2) is 13.5. The summed E-state index contributed by atoms with van der Waals surface area (Å²) in [6.07, 6.45) is 0.493. The first-order chi connectivity index (χ1) is 20.3. The van der Waals surface area contributed by atoms with Crippen molar-refractivity contribution in [3.63, 3.8) is 0 Å². The van der Waals surface area contributed by atoms with Gasteiger partial charge in [0.1, 0.15) is 0 Å². The first kappa shape index (κ1) is 29.7. The zero-order chi connectivity index (χ0) is 29.6. The quantitative estimate of drug-likeness (QED) is 0.162. The highest BCUT2D eigenvalue weighted by molar-refractivity contribution is 7.98. The number of carbonyl (C=O) groups is 1. The molecule has 0 spiro atoms. The minimum atomic E-state index is -0.524. The molecule has 0 aliphatic heterocycles. The maximum Gasteiger partial charge on any atom is 0.319 e. The number of amides is 2. The number of hydrogen-bond acceptors (Lipinski definition) is 4. The van der Waals surface area contributed by atoms with Crippen LogP contribution in [0.3, 0.4) is 0 Å². The number of carbonyl (C=O) groups excluding carboxylic acids is 1. The predicted molar refractivity (Wildman–Crippen MR) is 173 cm³/mol. The molecule has 0 radical (unpaired) electrons. The first-order valence-corrected chi connectivity index (χ1v) is 15.3. The summed E-state index contributed by atoms with van der Waals surface area (Å²) in [6, 6.07) is 28.8. The maximum atomic E-state index is 13.5. The third-order valence-corrected chi connectivity index (χ3v) is 8.42. The summed E-state index contributed by atoms with van der Waals surface area (Å²) in [6.45, 7) is 6.02. The van der Waals surface area contributed by atoms with E-state index in [-0.39, 0.29) is 6.03 Å². The van der Waals surface area contributed by atoms with E-state index in [0.717, 1.165) is 22.4 Å². The normalized spacial score (nSPS) is 11.7. The molecule has 1 aromatic heterocycles. The topological polar surface area (TPSA) is 71.8 Å². The highest BCUT2D eigenvalue weighted by atomic mass is 35.5. The number of para-hydroxylation sites is 1. The standard InChI is InChI=1S/C33H31Cl2N5OS/c1-21-9-7-14-25(17-21)20-42-33-39-38-31(40(33)29-16-15-26(34)19-27(29)35)28(18-24-12-5-4-6-13-24)36-32(41)37-30-22(2)10-8-11-23(30)3/h4-17,19,28H,18,20H2,1-3H3,(H2,36,37,41). The molecule has 6 nitrogen and oxygen atoms in total. The Balaban J connectivity index is 1.54. The van der Waals surface area contributed by atoms with E-state index in [0.29, 0.717) is 38.9 Å². The number of hydrogen-bond donors (Lipinski definition) is 2. The number of nitrogens with zero attached hydrogens (tertiary/aromatic N) is 3. The van der Waals surface area contributed by atoms with E-state index in [9.17, 15) is 4.79 Å². The van der Waals surface area contributed by atoms with E-state index in [4.69, 9.17) is 23.2 Å². The molecule has 1 atom stereocenters. The van der Waals surface area contributed by atoms with E-state index >= 15 is 0 Å². The smallest absolute Gasteiger partial charge is 0.319 e. The molecule has 214 valence electrons. The molecule has 0 saturated carbocycles. The van der Waals surface area contributed by atoms with E-state index in [1.807, 2.05) is 79.1 Å². The number of rotatable bonds is 9. The van der Waals surface area contributed by atoms with Crippen LogP contribution in [-0.4, -0.2) is 20.8 Å². The van der Waals surface area contributed by atoms with Crippen LogP contribution in [0.2, 0.25) is 10.0 Å². The molecule has 0 aliphatic carbocycles. The lowest BCUT2D eigenvalue weighted by atomic mass is 10.1. The second-order valence-electron chi connectivity index (χ2n) is 10.2. The highest BCUT2D eigenvalue weighted by Gasteiger charge is 2.26. The van der Waals surface area contributed by atoms with Crippen LogP contribution in [0.15, 0.2) is 96.2 Å². The molecule has 9 heteroatoms. The molecule has 0 saturated heterocycles. The van der Waals surface area contributed by atoms with Crippen molar-refractivity contribution < 1.29 is 4.79 Å². The van der Waals surface area contributed by atoms with E-state index in [1.165, 1.54) is 11.1 Å². The molecule has 1 unspecified atom stereocenters. The van der Waals surface area contributed by atoms with Gasteiger partial charge in [-0.1, -0.05) is 113 Å². The first-order valence-electron chi connectivity index (χ1n) is 13.5. The Morgan fingerprint density at radius 3 is 2.29 bits per heavy atom. The Hall–Kier alpha value is -3.78. The van der Waals surface area contributed by atoms with Gasteiger partial charge < -0.3 is 10.6 Å². The Morgan fingerprint density at radius 2 is 1.57 bits per heavy atom. The molecular formula is C33H31Cl2N5OS. The highest BCUT2D eigenvalue weighted by Crippen LogP contribution is 2.33. The van der Waals surface area contributed by atoms with Crippen LogP contribution in [0, 0.1) is 20.8 Å². The summed E-state index contributed by atoms with van der Waals surface area (Å²) in [5, 5.41) is 17.1. The van der Waals surface area contributed by atoms with E-state index < -0.39 is 6.04 Å². The number of aryl methyl sites for hydroxylation is 3. The van der Waals surface area contributed by atoms with Crippen molar-refractivity contribution >= 4 is 46.7 Å². The molecule has 42 heavy (non-hydrogen) atoms.